The highest BCUT2D eigenvalue weighted by Gasteiger charge is 2.14. The van der Waals surface area contributed by atoms with Crippen molar-refractivity contribution < 1.29 is 18.9 Å². The van der Waals surface area contributed by atoms with Gasteiger partial charge < -0.3 is 18.9 Å². The summed E-state index contributed by atoms with van der Waals surface area (Å²) in [4.78, 5) is 4.74. The van der Waals surface area contributed by atoms with Crippen molar-refractivity contribution in [1.29, 1.82) is 0 Å². The molecular formula is C20H22ClNO4. The van der Waals surface area contributed by atoms with E-state index in [0.29, 0.717) is 23.0 Å². The molecule has 26 heavy (non-hydrogen) atoms. The monoisotopic (exact) mass is 375 g/mol. The van der Waals surface area contributed by atoms with Crippen LogP contribution in [0.25, 0.3) is 22.0 Å². The van der Waals surface area contributed by atoms with Crippen LogP contribution >= 0.6 is 12.4 Å². The number of fused-ring (bicyclic) bond motifs is 1. The van der Waals surface area contributed by atoms with E-state index in [2.05, 4.69) is 0 Å². The molecular weight excluding hydrogens is 354 g/mol. The second-order valence-corrected chi connectivity index (χ2v) is 5.61. The van der Waals surface area contributed by atoms with E-state index in [-0.39, 0.29) is 12.4 Å². The van der Waals surface area contributed by atoms with Gasteiger partial charge in [-0.1, -0.05) is 0 Å². The second kappa shape index (κ2) is 8.15. The van der Waals surface area contributed by atoms with Gasteiger partial charge in [0.25, 0.3) is 0 Å². The summed E-state index contributed by atoms with van der Waals surface area (Å²) >= 11 is 0. The smallest absolute Gasteiger partial charge is 0.161 e. The Morgan fingerprint density at radius 1 is 0.692 bits per heavy atom. The minimum atomic E-state index is 0. The molecule has 3 aromatic rings. The van der Waals surface area contributed by atoms with Crippen LogP contribution in [-0.2, 0) is 0 Å². The zero-order valence-corrected chi connectivity index (χ0v) is 16.3. The maximum absolute atomic E-state index is 5.45. The van der Waals surface area contributed by atoms with Crippen LogP contribution in [0, 0.1) is 6.92 Å². The maximum Gasteiger partial charge on any atom is 0.161 e. The summed E-state index contributed by atoms with van der Waals surface area (Å²) in [6, 6.07) is 11.7. The third kappa shape index (κ3) is 3.48. The molecule has 3 rings (SSSR count). The first-order valence-corrected chi connectivity index (χ1v) is 7.87. The van der Waals surface area contributed by atoms with Crippen LogP contribution in [0.15, 0.2) is 36.4 Å². The van der Waals surface area contributed by atoms with Crippen LogP contribution in [0.2, 0.25) is 0 Å². The van der Waals surface area contributed by atoms with E-state index in [1.165, 1.54) is 0 Å². The lowest BCUT2D eigenvalue weighted by molar-refractivity contribution is 0.355. The molecule has 0 bridgehead atoms. The number of hydrogen-bond acceptors (Lipinski definition) is 5. The van der Waals surface area contributed by atoms with Gasteiger partial charge in [0, 0.05) is 16.6 Å². The average Bonchev–Trinajstić information content (AvgIpc) is 2.65. The second-order valence-electron chi connectivity index (χ2n) is 5.61. The van der Waals surface area contributed by atoms with Crippen molar-refractivity contribution in [3.8, 4) is 34.3 Å². The highest BCUT2D eigenvalue weighted by atomic mass is 35.5. The van der Waals surface area contributed by atoms with Crippen molar-refractivity contribution in [2.75, 3.05) is 28.4 Å². The van der Waals surface area contributed by atoms with E-state index < -0.39 is 0 Å². The topological polar surface area (TPSA) is 49.8 Å². The summed E-state index contributed by atoms with van der Waals surface area (Å²) in [5, 5.41) is 2.02. The van der Waals surface area contributed by atoms with E-state index in [9.17, 15) is 0 Å². The molecule has 5 nitrogen and oxygen atoms in total. The van der Waals surface area contributed by atoms with Crippen molar-refractivity contribution in [3.05, 3.63) is 42.1 Å². The Bertz CT molecular complexity index is 927. The number of benzene rings is 2. The Hall–Kier alpha value is -2.66. The first-order valence-electron chi connectivity index (χ1n) is 7.87. The molecule has 2 aromatic carbocycles. The molecule has 0 atom stereocenters. The van der Waals surface area contributed by atoms with E-state index in [1.54, 1.807) is 28.4 Å². The van der Waals surface area contributed by atoms with Gasteiger partial charge in [0.1, 0.15) is 0 Å². The van der Waals surface area contributed by atoms with Crippen LogP contribution in [-0.4, -0.2) is 33.4 Å². The lowest BCUT2D eigenvalue weighted by Gasteiger charge is -2.14. The molecule has 1 aromatic heterocycles. The molecule has 0 fully saturated rings. The molecule has 0 aliphatic carbocycles. The van der Waals surface area contributed by atoms with E-state index >= 15 is 0 Å². The predicted molar refractivity (Wildman–Crippen MR) is 105 cm³/mol. The van der Waals surface area contributed by atoms with Crippen molar-refractivity contribution in [3.63, 3.8) is 0 Å². The van der Waals surface area contributed by atoms with Crippen LogP contribution < -0.4 is 18.9 Å². The fraction of sp³-hybridized carbons (Fsp3) is 0.250. The number of ether oxygens (including phenoxy) is 4. The van der Waals surface area contributed by atoms with E-state index in [0.717, 1.165) is 27.7 Å². The summed E-state index contributed by atoms with van der Waals surface area (Å²) in [6.07, 6.45) is 0. The van der Waals surface area contributed by atoms with E-state index in [1.807, 2.05) is 43.3 Å². The van der Waals surface area contributed by atoms with Crippen molar-refractivity contribution >= 4 is 23.2 Å². The molecule has 0 saturated heterocycles. The predicted octanol–water partition coefficient (Wildman–Crippen LogP) is 4.67. The van der Waals surface area contributed by atoms with Gasteiger partial charge in [-0.05, 0) is 48.7 Å². The fourth-order valence-electron chi connectivity index (χ4n) is 2.92. The number of nitrogens with zero attached hydrogens (tertiary/aromatic N) is 1. The number of methoxy groups -OCH3 is 4. The number of pyridine rings is 1. The Labute approximate surface area is 159 Å². The van der Waals surface area contributed by atoms with Crippen molar-refractivity contribution in [1.82, 2.24) is 4.98 Å². The van der Waals surface area contributed by atoms with Gasteiger partial charge in [0.15, 0.2) is 23.0 Å². The van der Waals surface area contributed by atoms with Gasteiger partial charge in [0.05, 0.1) is 34.1 Å². The first-order chi connectivity index (χ1) is 12.1. The third-order valence-electron chi connectivity index (χ3n) is 4.12. The lowest BCUT2D eigenvalue weighted by Crippen LogP contribution is -1.95. The largest absolute Gasteiger partial charge is 0.493 e. The Kier molecular flexibility index (Phi) is 6.16. The maximum atomic E-state index is 5.45. The summed E-state index contributed by atoms with van der Waals surface area (Å²) in [5.41, 5.74) is 2.72. The average molecular weight is 376 g/mol. The lowest BCUT2D eigenvalue weighted by atomic mass is 10.0. The number of halogens is 1. The van der Waals surface area contributed by atoms with Gasteiger partial charge in [-0.15, -0.1) is 12.4 Å². The zero-order chi connectivity index (χ0) is 18.0. The molecule has 0 amide bonds. The van der Waals surface area contributed by atoms with Crippen LogP contribution in [0.4, 0.5) is 0 Å². The first kappa shape index (κ1) is 19.7. The minimum absolute atomic E-state index is 0. The van der Waals surface area contributed by atoms with Gasteiger partial charge in [-0.2, -0.15) is 0 Å². The quantitative estimate of drug-likeness (QED) is 0.648. The molecule has 0 aliphatic rings. The van der Waals surface area contributed by atoms with Crippen LogP contribution in [0.5, 0.6) is 23.0 Å². The molecule has 6 heteroatoms. The van der Waals surface area contributed by atoms with Gasteiger partial charge >= 0.3 is 0 Å². The molecule has 138 valence electrons. The number of rotatable bonds is 5. The molecule has 0 spiro atoms. The van der Waals surface area contributed by atoms with Gasteiger partial charge in [-0.3, -0.25) is 4.98 Å². The molecule has 0 saturated carbocycles. The minimum Gasteiger partial charge on any atom is -0.493 e. The summed E-state index contributed by atoms with van der Waals surface area (Å²) in [7, 11) is 6.50. The standard InChI is InChI=1S/C20H21NO4.ClH/c1-12-8-14-10-18(24-4)19(25-5)11-15(14)20(21-12)13-6-7-16(22-2)17(9-13)23-3;/h6-11H,1-5H3;1H. The highest BCUT2D eigenvalue weighted by molar-refractivity contribution is 5.97. The van der Waals surface area contributed by atoms with Crippen molar-refractivity contribution in [2.24, 2.45) is 0 Å². The Morgan fingerprint density at radius 2 is 1.27 bits per heavy atom. The molecule has 0 radical (unpaired) electrons. The van der Waals surface area contributed by atoms with E-state index in [4.69, 9.17) is 23.9 Å². The van der Waals surface area contributed by atoms with Gasteiger partial charge in [-0.25, -0.2) is 0 Å². The number of hydrogen-bond donors (Lipinski definition) is 0. The summed E-state index contributed by atoms with van der Waals surface area (Å²) < 4.78 is 21.6. The molecule has 0 unspecified atom stereocenters. The molecule has 0 aliphatic heterocycles. The normalized spacial score (nSPS) is 10.2. The van der Waals surface area contributed by atoms with Crippen molar-refractivity contribution in [2.45, 2.75) is 6.92 Å². The molecule has 0 N–H and O–H groups in total. The fourth-order valence-corrected chi connectivity index (χ4v) is 2.92. The number of aromatic nitrogens is 1. The van der Waals surface area contributed by atoms with Crippen LogP contribution in [0.1, 0.15) is 5.69 Å². The Balaban J connectivity index is 0.00000243. The SMILES string of the molecule is COc1ccc(-c2nc(C)cc3cc(OC)c(OC)cc23)cc1OC.Cl. The highest BCUT2D eigenvalue weighted by Crippen LogP contribution is 2.38. The van der Waals surface area contributed by atoms with Crippen LogP contribution in [0.3, 0.4) is 0 Å². The number of aryl methyl sites for hydroxylation is 1. The van der Waals surface area contributed by atoms with Gasteiger partial charge in [0.2, 0.25) is 0 Å². The summed E-state index contributed by atoms with van der Waals surface area (Å²) in [6.45, 7) is 1.97. The third-order valence-corrected chi connectivity index (χ3v) is 4.12. The zero-order valence-electron chi connectivity index (χ0n) is 15.5. The Morgan fingerprint density at radius 3 is 1.88 bits per heavy atom. The summed E-state index contributed by atoms with van der Waals surface area (Å²) in [5.74, 6) is 2.71. The molecule has 1 heterocycles.